The van der Waals surface area contributed by atoms with Gasteiger partial charge in [-0.05, 0) is 60.7 Å². The number of nitrogens with zero attached hydrogens (tertiary/aromatic N) is 3. The van der Waals surface area contributed by atoms with Gasteiger partial charge in [-0.3, -0.25) is 9.89 Å². The van der Waals surface area contributed by atoms with Crippen LogP contribution in [-0.2, 0) is 0 Å². The first-order chi connectivity index (χ1) is 16.4. The minimum atomic E-state index is -0.359. The van der Waals surface area contributed by atoms with E-state index in [1.54, 1.807) is 19.1 Å². The number of H-pyrrole nitrogens is 1. The lowest BCUT2D eigenvalue weighted by Crippen LogP contribution is -2.14. The van der Waals surface area contributed by atoms with Crippen LogP contribution < -0.4 is 10.3 Å². The molecule has 0 unspecified atom stereocenters. The molecular weight excluding hydrogens is 428 g/mol. The van der Waals surface area contributed by atoms with Crippen LogP contribution >= 0.6 is 0 Å². The van der Waals surface area contributed by atoms with Gasteiger partial charge in [-0.2, -0.15) is 0 Å². The molecule has 1 aromatic heterocycles. The summed E-state index contributed by atoms with van der Waals surface area (Å²) in [5, 5.41) is 21.9. The third kappa shape index (κ3) is 4.78. The van der Waals surface area contributed by atoms with Crippen molar-refractivity contribution >= 4 is 11.4 Å². The number of rotatable bonds is 7. The highest BCUT2D eigenvalue weighted by molar-refractivity contribution is 5.68. The molecule has 4 rings (SSSR count). The van der Waals surface area contributed by atoms with E-state index >= 15 is 0 Å². The number of benzene rings is 3. The second kappa shape index (κ2) is 9.79. The molecular formula is C27H28N4O3. The fraction of sp³-hybridized carbons (Fsp3) is 0.222. The van der Waals surface area contributed by atoms with Gasteiger partial charge in [0.05, 0.1) is 18.0 Å². The number of nitrogens with one attached hydrogen (secondary N) is 1. The third-order valence-corrected chi connectivity index (χ3v) is 5.53. The van der Waals surface area contributed by atoms with E-state index in [9.17, 15) is 9.90 Å². The molecule has 0 amide bonds. The predicted molar refractivity (Wildman–Crippen MR) is 134 cm³/mol. The summed E-state index contributed by atoms with van der Waals surface area (Å²) in [6, 6.07) is 20.5. The van der Waals surface area contributed by atoms with E-state index in [0.29, 0.717) is 35.3 Å². The first-order valence-electron chi connectivity index (χ1n) is 11.3. The molecule has 0 aliphatic carbocycles. The number of azo groups is 1. The molecule has 0 saturated heterocycles. The Labute approximate surface area is 198 Å². The van der Waals surface area contributed by atoms with Gasteiger partial charge in [0.2, 0.25) is 0 Å². The van der Waals surface area contributed by atoms with Gasteiger partial charge in [0.1, 0.15) is 17.2 Å². The fourth-order valence-electron chi connectivity index (χ4n) is 3.71. The second-order valence-electron chi connectivity index (χ2n) is 8.34. The molecule has 0 radical (unpaired) electrons. The van der Waals surface area contributed by atoms with Crippen molar-refractivity contribution < 1.29 is 9.84 Å². The quantitative estimate of drug-likeness (QED) is 0.300. The molecule has 0 saturated carbocycles. The zero-order chi connectivity index (χ0) is 24.2. The third-order valence-electron chi connectivity index (χ3n) is 5.53. The largest absolute Gasteiger partial charge is 0.508 e. The highest BCUT2D eigenvalue weighted by atomic mass is 16.5. The molecule has 0 spiro atoms. The van der Waals surface area contributed by atoms with E-state index in [0.717, 1.165) is 11.1 Å². The maximum atomic E-state index is 13.2. The van der Waals surface area contributed by atoms with E-state index in [2.05, 4.69) is 41.3 Å². The number of aromatic hydroxyl groups is 1. The molecule has 0 atom stereocenters. The van der Waals surface area contributed by atoms with Gasteiger partial charge in [-0.25, -0.2) is 4.68 Å². The summed E-state index contributed by atoms with van der Waals surface area (Å²) >= 11 is 0. The summed E-state index contributed by atoms with van der Waals surface area (Å²) in [5.74, 6) is 1.10. The zero-order valence-electron chi connectivity index (χ0n) is 19.7. The molecule has 0 bridgehead atoms. The van der Waals surface area contributed by atoms with Crippen molar-refractivity contribution in [3.8, 4) is 28.3 Å². The van der Waals surface area contributed by atoms with Crippen molar-refractivity contribution in [3.05, 3.63) is 88.3 Å². The minimum Gasteiger partial charge on any atom is -0.508 e. The highest BCUT2D eigenvalue weighted by Gasteiger charge is 2.14. The van der Waals surface area contributed by atoms with Crippen LogP contribution in [0.15, 0.2) is 81.8 Å². The van der Waals surface area contributed by atoms with Crippen molar-refractivity contribution in [1.82, 2.24) is 9.78 Å². The fourth-order valence-corrected chi connectivity index (χ4v) is 3.71. The van der Waals surface area contributed by atoms with Crippen LogP contribution in [0.25, 0.3) is 16.8 Å². The SMILES string of the molecule is CCOc1ccccc1N=Nc1c(C)[nH]n(-c2cc(O)cc(-c3ccc(C(C)C)cc3)c2)c1=O. The molecule has 7 nitrogen and oxygen atoms in total. The number of ether oxygens (including phenoxy) is 1. The van der Waals surface area contributed by atoms with Gasteiger partial charge in [0, 0.05) is 6.07 Å². The van der Waals surface area contributed by atoms with Crippen LogP contribution in [0.1, 0.15) is 37.9 Å². The van der Waals surface area contributed by atoms with Crippen LogP contribution in [0.5, 0.6) is 11.5 Å². The van der Waals surface area contributed by atoms with Crippen LogP contribution in [0, 0.1) is 6.92 Å². The molecule has 7 heteroatoms. The van der Waals surface area contributed by atoms with Crippen LogP contribution in [0.2, 0.25) is 0 Å². The van der Waals surface area contributed by atoms with E-state index in [4.69, 9.17) is 4.74 Å². The molecule has 3 aromatic carbocycles. The topological polar surface area (TPSA) is 92.0 Å². The molecule has 34 heavy (non-hydrogen) atoms. The van der Waals surface area contributed by atoms with Crippen molar-refractivity contribution in [2.75, 3.05) is 6.61 Å². The Kier molecular flexibility index (Phi) is 6.63. The van der Waals surface area contributed by atoms with Gasteiger partial charge in [-0.15, -0.1) is 10.2 Å². The van der Waals surface area contributed by atoms with Crippen LogP contribution in [-0.4, -0.2) is 21.5 Å². The van der Waals surface area contributed by atoms with Crippen molar-refractivity contribution in [1.29, 1.82) is 0 Å². The average molecular weight is 457 g/mol. The lowest BCUT2D eigenvalue weighted by molar-refractivity contribution is 0.341. The summed E-state index contributed by atoms with van der Waals surface area (Å²) in [4.78, 5) is 13.2. The smallest absolute Gasteiger partial charge is 0.299 e. The normalized spacial score (nSPS) is 11.4. The number of hydrogen-bond acceptors (Lipinski definition) is 5. The van der Waals surface area contributed by atoms with Crippen molar-refractivity contribution in [2.24, 2.45) is 10.2 Å². The maximum absolute atomic E-state index is 13.2. The van der Waals surface area contributed by atoms with Gasteiger partial charge < -0.3 is 9.84 Å². The van der Waals surface area contributed by atoms with E-state index in [1.807, 2.05) is 43.3 Å². The van der Waals surface area contributed by atoms with Crippen LogP contribution in [0.3, 0.4) is 0 Å². The Bertz CT molecular complexity index is 1380. The van der Waals surface area contributed by atoms with Gasteiger partial charge in [0.15, 0.2) is 5.69 Å². The first-order valence-corrected chi connectivity index (χ1v) is 11.3. The van der Waals surface area contributed by atoms with Crippen molar-refractivity contribution in [2.45, 2.75) is 33.6 Å². The monoisotopic (exact) mass is 456 g/mol. The van der Waals surface area contributed by atoms with Gasteiger partial charge >= 0.3 is 0 Å². The lowest BCUT2D eigenvalue weighted by atomic mass is 9.98. The number of aromatic amines is 1. The highest BCUT2D eigenvalue weighted by Crippen LogP contribution is 2.30. The molecule has 0 fully saturated rings. The summed E-state index contributed by atoms with van der Waals surface area (Å²) in [6.07, 6.45) is 0. The summed E-state index contributed by atoms with van der Waals surface area (Å²) in [6.45, 7) is 8.44. The number of phenolic OH excluding ortho intramolecular Hbond substituents is 1. The van der Waals surface area contributed by atoms with Gasteiger partial charge in [-0.1, -0.05) is 50.2 Å². The Morgan fingerprint density at radius 3 is 2.44 bits per heavy atom. The summed E-state index contributed by atoms with van der Waals surface area (Å²) in [5.41, 5.74) is 4.44. The van der Waals surface area contributed by atoms with Crippen LogP contribution in [0.4, 0.5) is 11.4 Å². The molecule has 0 aliphatic rings. The number of aromatic nitrogens is 2. The Morgan fingerprint density at radius 2 is 1.74 bits per heavy atom. The molecule has 1 heterocycles. The number of phenols is 1. The number of para-hydroxylation sites is 1. The minimum absolute atomic E-state index is 0.0633. The number of hydrogen-bond donors (Lipinski definition) is 2. The maximum Gasteiger partial charge on any atom is 0.299 e. The first kappa shape index (κ1) is 23.0. The predicted octanol–water partition coefficient (Wildman–Crippen LogP) is 6.78. The van der Waals surface area contributed by atoms with E-state index in [-0.39, 0.29) is 17.0 Å². The summed E-state index contributed by atoms with van der Waals surface area (Å²) < 4.78 is 6.94. The average Bonchev–Trinajstić information content (AvgIpc) is 3.11. The Morgan fingerprint density at radius 1 is 1.00 bits per heavy atom. The Balaban J connectivity index is 1.70. The molecule has 2 N–H and O–H groups in total. The molecule has 174 valence electrons. The summed E-state index contributed by atoms with van der Waals surface area (Å²) in [7, 11) is 0. The molecule has 4 aromatic rings. The Hall–Kier alpha value is -4.13. The van der Waals surface area contributed by atoms with E-state index in [1.165, 1.54) is 16.3 Å². The standard InChI is InChI=1S/C27H28N4O3/c1-5-34-25-9-7-6-8-24(25)28-29-26-18(4)30-31(27(26)33)22-14-21(15-23(32)16-22)20-12-10-19(11-13-20)17(2)3/h6-17,30,32H,5H2,1-4H3. The van der Waals surface area contributed by atoms with E-state index < -0.39 is 0 Å². The molecule has 0 aliphatic heterocycles. The number of aryl methyl sites for hydroxylation is 1. The van der Waals surface area contributed by atoms with Crippen molar-refractivity contribution in [3.63, 3.8) is 0 Å². The van der Waals surface area contributed by atoms with Gasteiger partial charge in [0.25, 0.3) is 5.56 Å². The zero-order valence-corrected chi connectivity index (χ0v) is 19.7. The second-order valence-corrected chi connectivity index (χ2v) is 8.34. The lowest BCUT2D eigenvalue weighted by Gasteiger charge is -2.10.